The molecule has 0 spiro atoms. The number of alkyl halides is 3. The van der Waals surface area contributed by atoms with Crippen molar-refractivity contribution < 1.29 is 21.6 Å². The minimum absolute atomic E-state index is 0.0268. The predicted octanol–water partition coefficient (Wildman–Crippen LogP) is 1.04. The lowest BCUT2D eigenvalue weighted by atomic mass is 10.2. The molecule has 0 radical (unpaired) electrons. The van der Waals surface area contributed by atoms with Crippen molar-refractivity contribution in [3.63, 3.8) is 0 Å². The second-order valence-electron chi connectivity index (χ2n) is 4.95. The molecule has 1 atom stereocenters. The smallest absolute Gasteiger partial charge is 0.312 e. The highest BCUT2D eigenvalue weighted by molar-refractivity contribution is 7.91. The van der Waals surface area contributed by atoms with Gasteiger partial charge in [0.05, 0.1) is 18.1 Å². The largest absolute Gasteiger partial charge is 0.401 e. The van der Waals surface area contributed by atoms with Gasteiger partial charge in [-0.1, -0.05) is 6.92 Å². The summed E-state index contributed by atoms with van der Waals surface area (Å²) in [6.45, 7) is 1.92. The van der Waals surface area contributed by atoms with E-state index in [4.69, 9.17) is 0 Å². The number of hydrogen-bond acceptors (Lipinski definition) is 4. The van der Waals surface area contributed by atoms with Crippen LogP contribution in [0.1, 0.15) is 19.8 Å². The Hall–Kier alpha value is -0.340. The zero-order chi connectivity index (χ0) is 14.5. The normalized spacial score (nSPS) is 23.7. The standard InChI is InChI=1S/C11H21F3N2O2S/c1-2-5-16(9-11(12,13)14)6-3-10-8-19(17,18)7-4-15-10/h10,15H,2-9H2,1H3. The van der Waals surface area contributed by atoms with Crippen LogP contribution in [0.4, 0.5) is 13.2 Å². The zero-order valence-corrected chi connectivity index (χ0v) is 11.9. The molecular formula is C11H21F3N2O2S. The molecule has 1 heterocycles. The van der Waals surface area contributed by atoms with Crippen molar-refractivity contribution in [2.45, 2.75) is 32.0 Å². The van der Waals surface area contributed by atoms with E-state index in [1.807, 2.05) is 6.92 Å². The van der Waals surface area contributed by atoms with Crippen molar-refractivity contribution in [3.8, 4) is 0 Å². The molecule has 1 rings (SSSR count). The van der Waals surface area contributed by atoms with E-state index in [0.717, 1.165) is 0 Å². The van der Waals surface area contributed by atoms with Gasteiger partial charge in [0.2, 0.25) is 0 Å². The fourth-order valence-electron chi connectivity index (χ4n) is 2.23. The van der Waals surface area contributed by atoms with Gasteiger partial charge in [0.15, 0.2) is 9.84 Å². The Morgan fingerprint density at radius 2 is 2.00 bits per heavy atom. The number of sulfone groups is 1. The van der Waals surface area contributed by atoms with E-state index in [2.05, 4.69) is 5.32 Å². The zero-order valence-electron chi connectivity index (χ0n) is 11.0. The second-order valence-corrected chi connectivity index (χ2v) is 7.17. The number of hydrogen-bond donors (Lipinski definition) is 1. The predicted molar refractivity (Wildman–Crippen MR) is 67.8 cm³/mol. The Morgan fingerprint density at radius 3 is 2.53 bits per heavy atom. The molecule has 0 bridgehead atoms. The summed E-state index contributed by atoms with van der Waals surface area (Å²) in [4.78, 5) is 1.34. The minimum atomic E-state index is -4.21. The third-order valence-electron chi connectivity index (χ3n) is 3.04. The molecule has 0 aliphatic carbocycles. The highest BCUT2D eigenvalue weighted by Gasteiger charge is 2.31. The van der Waals surface area contributed by atoms with Gasteiger partial charge in [-0.05, 0) is 25.9 Å². The molecule has 8 heteroatoms. The van der Waals surface area contributed by atoms with Crippen LogP contribution in [0, 0.1) is 0 Å². The van der Waals surface area contributed by atoms with Gasteiger partial charge in [0, 0.05) is 12.6 Å². The van der Waals surface area contributed by atoms with Crippen LogP contribution in [-0.4, -0.2) is 63.2 Å². The van der Waals surface area contributed by atoms with E-state index in [9.17, 15) is 21.6 Å². The molecule has 1 aliphatic heterocycles. The second kappa shape index (κ2) is 6.90. The number of halogens is 3. The summed E-state index contributed by atoms with van der Waals surface area (Å²) in [5, 5.41) is 3.05. The van der Waals surface area contributed by atoms with Crippen LogP contribution in [0.2, 0.25) is 0 Å². The van der Waals surface area contributed by atoms with Gasteiger partial charge in [-0.15, -0.1) is 0 Å². The quantitative estimate of drug-likeness (QED) is 0.796. The Labute approximate surface area is 112 Å². The maximum absolute atomic E-state index is 12.4. The fourth-order valence-corrected chi connectivity index (χ4v) is 3.72. The highest BCUT2D eigenvalue weighted by Crippen LogP contribution is 2.17. The van der Waals surface area contributed by atoms with E-state index < -0.39 is 22.6 Å². The third kappa shape index (κ3) is 7.12. The summed E-state index contributed by atoms with van der Waals surface area (Å²) in [6.07, 6.45) is -3.14. The van der Waals surface area contributed by atoms with Crippen LogP contribution in [0.15, 0.2) is 0 Å². The summed E-state index contributed by atoms with van der Waals surface area (Å²) in [7, 11) is -3.03. The minimum Gasteiger partial charge on any atom is -0.312 e. The molecule has 114 valence electrons. The molecule has 0 aromatic heterocycles. The Morgan fingerprint density at radius 1 is 1.32 bits per heavy atom. The average molecular weight is 302 g/mol. The first-order valence-electron chi connectivity index (χ1n) is 6.45. The number of nitrogens with zero attached hydrogens (tertiary/aromatic N) is 1. The van der Waals surface area contributed by atoms with Gasteiger partial charge in [0.1, 0.15) is 0 Å². The molecule has 0 aromatic rings. The average Bonchev–Trinajstić information content (AvgIpc) is 2.23. The van der Waals surface area contributed by atoms with Gasteiger partial charge in [-0.25, -0.2) is 8.42 Å². The molecule has 1 N–H and O–H groups in total. The molecule has 1 saturated heterocycles. The SMILES string of the molecule is CCCN(CCC1CS(=O)(=O)CCN1)CC(F)(F)F. The summed E-state index contributed by atoms with van der Waals surface area (Å²) in [5.41, 5.74) is 0. The van der Waals surface area contributed by atoms with Crippen molar-refractivity contribution >= 4 is 9.84 Å². The lowest BCUT2D eigenvalue weighted by Crippen LogP contribution is -2.47. The summed E-state index contributed by atoms with van der Waals surface area (Å²) >= 11 is 0. The lowest BCUT2D eigenvalue weighted by molar-refractivity contribution is -0.146. The Balaban J connectivity index is 2.43. The van der Waals surface area contributed by atoms with E-state index in [-0.39, 0.29) is 24.1 Å². The molecule has 4 nitrogen and oxygen atoms in total. The molecular weight excluding hydrogens is 281 g/mol. The van der Waals surface area contributed by atoms with Gasteiger partial charge in [0.25, 0.3) is 0 Å². The van der Waals surface area contributed by atoms with Crippen LogP contribution in [0.5, 0.6) is 0 Å². The van der Waals surface area contributed by atoms with Crippen LogP contribution >= 0.6 is 0 Å². The van der Waals surface area contributed by atoms with Crippen molar-refractivity contribution in [2.24, 2.45) is 0 Å². The van der Waals surface area contributed by atoms with Crippen molar-refractivity contribution in [1.29, 1.82) is 0 Å². The van der Waals surface area contributed by atoms with Gasteiger partial charge in [-0.2, -0.15) is 13.2 Å². The van der Waals surface area contributed by atoms with E-state index in [1.165, 1.54) is 4.90 Å². The van der Waals surface area contributed by atoms with Crippen LogP contribution in [0.25, 0.3) is 0 Å². The first-order chi connectivity index (χ1) is 8.72. The van der Waals surface area contributed by atoms with E-state index in [1.54, 1.807) is 0 Å². The van der Waals surface area contributed by atoms with Crippen molar-refractivity contribution in [3.05, 3.63) is 0 Å². The Bertz CT molecular complexity index is 371. The maximum atomic E-state index is 12.4. The van der Waals surface area contributed by atoms with Crippen molar-refractivity contribution in [1.82, 2.24) is 10.2 Å². The highest BCUT2D eigenvalue weighted by atomic mass is 32.2. The molecule has 19 heavy (non-hydrogen) atoms. The fraction of sp³-hybridized carbons (Fsp3) is 1.00. The van der Waals surface area contributed by atoms with Crippen LogP contribution < -0.4 is 5.32 Å². The topological polar surface area (TPSA) is 49.4 Å². The third-order valence-corrected chi connectivity index (χ3v) is 4.77. The van der Waals surface area contributed by atoms with Gasteiger partial charge >= 0.3 is 6.18 Å². The number of rotatable bonds is 6. The lowest BCUT2D eigenvalue weighted by Gasteiger charge is -2.28. The first-order valence-corrected chi connectivity index (χ1v) is 8.27. The molecule has 1 fully saturated rings. The van der Waals surface area contributed by atoms with E-state index in [0.29, 0.717) is 25.9 Å². The molecule has 1 aliphatic rings. The molecule has 0 amide bonds. The van der Waals surface area contributed by atoms with Crippen molar-refractivity contribution in [2.75, 3.05) is 37.7 Å². The molecule has 1 unspecified atom stereocenters. The summed E-state index contributed by atoms with van der Waals surface area (Å²) in [5.74, 6) is 0.143. The van der Waals surface area contributed by atoms with E-state index >= 15 is 0 Å². The van der Waals surface area contributed by atoms with Crippen LogP contribution in [-0.2, 0) is 9.84 Å². The monoisotopic (exact) mass is 302 g/mol. The summed E-state index contributed by atoms with van der Waals surface area (Å²) in [6, 6.07) is -0.230. The van der Waals surface area contributed by atoms with Gasteiger partial charge < -0.3 is 5.32 Å². The number of nitrogens with one attached hydrogen (secondary N) is 1. The first kappa shape index (κ1) is 16.7. The van der Waals surface area contributed by atoms with Crippen LogP contribution in [0.3, 0.4) is 0 Å². The Kier molecular flexibility index (Phi) is 6.07. The maximum Gasteiger partial charge on any atom is 0.401 e. The van der Waals surface area contributed by atoms with Gasteiger partial charge in [-0.3, -0.25) is 4.90 Å². The summed E-state index contributed by atoms with van der Waals surface area (Å²) < 4.78 is 59.9. The molecule has 0 saturated carbocycles. The molecule has 0 aromatic carbocycles.